The highest BCUT2D eigenvalue weighted by atomic mass is 15.2. The molecule has 1 saturated heterocycles. The van der Waals surface area contributed by atoms with E-state index in [4.69, 9.17) is 5.26 Å². The van der Waals surface area contributed by atoms with Gasteiger partial charge in [0.25, 0.3) is 0 Å². The summed E-state index contributed by atoms with van der Waals surface area (Å²) in [7, 11) is 2.18. The number of hydrogen-bond donors (Lipinski definition) is 0. The van der Waals surface area contributed by atoms with Gasteiger partial charge in [-0.3, -0.25) is 4.90 Å². The molecule has 3 heteroatoms. The summed E-state index contributed by atoms with van der Waals surface area (Å²) in [5.74, 6) is 0. The van der Waals surface area contributed by atoms with Crippen LogP contribution in [-0.4, -0.2) is 43.0 Å². The molecule has 0 aromatic heterocycles. The zero-order valence-electron chi connectivity index (χ0n) is 10.4. The smallest absolute Gasteiger partial charge is 0.0991 e. The normalized spacial score (nSPS) is 18.6. The van der Waals surface area contributed by atoms with Crippen LogP contribution in [0.3, 0.4) is 0 Å². The maximum Gasteiger partial charge on any atom is 0.0991 e. The first kappa shape index (κ1) is 12.1. The van der Waals surface area contributed by atoms with E-state index in [1.54, 1.807) is 0 Å². The summed E-state index contributed by atoms with van der Waals surface area (Å²) in [5.41, 5.74) is 2.00. The van der Waals surface area contributed by atoms with Crippen LogP contribution >= 0.6 is 0 Å². The Bertz CT molecular complexity index is 408. The van der Waals surface area contributed by atoms with E-state index in [0.717, 1.165) is 31.7 Å². The Balaban J connectivity index is 1.97. The van der Waals surface area contributed by atoms with Crippen molar-refractivity contribution in [2.45, 2.75) is 13.0 Å². The Labute approximate surface area is 103 Å². The van der Waals surface area contributed by atoms with Crippen LogP contribution in [0.25, 0.3) is 0 Å². The largest absolute Gasteiger partial charge is 0.305 e. The molecule has 0 saturated carbocycles. The molecular formula is C14H19N3. The van der Waals surface area contributed by atoms with E-state index in [1.165, 1.54) is 18.5 Å². The van der Waals surface area contributed by atoms with E-state index in [9.17, 15) is 0 Å². The fraction of sp³-hybridized carbons (Fsp3) is 0.500. The SMILES string of the molecule is CN1CCCN(Cc2cccc(C#N)c2)CC1. The predicted molar refractivity (Wildman–Crippen MR) is 68.5 cm³/mol. The third-order valence-electron chi connectivity index (χ3n) is 3.27. The van der Waals surface area contributed by atoms with Gasteiger partial charge in [-0.15, -0.1) is 0 Å². The molecule has 2 rings (SSSR count). The van der Waals surface area contributed by atoms with E-state index in [1.807, 2.05) is 18.2 Å². The van der Waals surface area contributed by atoms with Gasteiger partial charge < -0.3 is 4.90 Å². The number of benzene rings is 1. The van der Waals surface area contributed by atoms with Crippen molar-refractivity contribution in [3.05, 3.63) is 35.4 Å². The van der Waals surface area contributed by atoms with Crippen molar-refractivity contribution in [1.29, 1.82) is 5.26 Å². The van der Waals surface area contributed by atoms with E-state index in [0.29, 0.717) is 0 Å². The Kier molecular flexibility index (Phi) is 4.13. The molecule has 90 valence electrons. The number of hydrogen-bond acceptors (Lipinski definition) is 3. The fourth-order valence-corrected chi connectivity index (χ4v) is 2.26. The minimum atomic E-state index is 0.759. The minimum Gasteiger partial charge on any atom is -0.305 e. The average molecular weight is 229 g/mol. The molecule has 1 aliphatic heterocycles. The third-order valence-corrected chi connectivity index (χ3v) is 3.27. The van der Waals surface area contributed by atoms with Crippen molar-refractivity contribution >= 4 is 0 Å². The number of nitrogens with zero attached hydrogens (tertiary/aromatic N) is 3. The molecule has 1 aromatic rings. The van der Waals surface area contributed by atoms with Gasteiger partial charge in [-0.1, -0.05) is 12.1 Å². The molecule has 1 fully saturated rings. The molecule has 1 heterocycles. The molecule has 0 N–H and O–H groups in total. The first-order valence-corrected chi connectivity index (χ1v) is 6.18. The van der Waals surface area contributed by atoms with Gasteiger partial charge >= 0.3 is 0 Å². The number of likely N-dealkylation sites (N-methyl/N-ethyl adjacent to an activating group) is 1. The number of nitriles is 1. The van der Waals surface area contributed by atoms with Crippen molar-refractivity contribution < 1.29 is 0 Å². The molecule has 0 amide bonds. The van der Waals surface area contributed by atoms with Crippen LogP contribution in [-0.2, 0) is 6.54 Å². The maximum atomic E-state index is 8.88. The highest BCUT2D eigenvalue weighted by molar-refractivity contribution is 5.32. The molecular weight excluding hydrogens is 210 g/mol. The lowest BCUT2D eigenvalue weighted by molar-refractivity contribution is 0.269. The van der Waals surface area contributed by atoms with Crippen LogP contribution < -0.4 is 0 Å². The second kappa shape index (κ2) is 5.81. The van der Waals surface area contributed by atoms with Gasteiger partial charge in [-0.25, -0.2) is 0 Å². The molecule has 0 atom stereocenters. The van der Waals surface area contributed by atoms with E-state index >= 15 is 0 Å². The maximum absolute atomic E-state index is 8.88. The first-order valence-electron chi connectivity index (χ1n) is 6.18. The first-order chi connectivity index (χ1) is 8.28. The average Bonchev–Trinajstić information content (AvgIpc) is 2.55. The van der Waals surface area contributed by atoms with Gasteiger partial charge in [0, 0.05) is 19.6 Å². The van der Waals surface area contributed by atoms with Crippen LogP contribution in [0.15, 0.2) is 24.3 Å². The zero-order chi connectivity index (χ0) is 12.1. The summed E-state index contributed by atoms with van der Waals surface area (Å²) in [5, 5.41) is 8.88. The van der Waals surface area contributed by atoms with E-state index < -0.39 is 0 Å². The van der Waals surface area contributed by atoms with Gasteiger partial charge in [0.15, 0.2) is 0 Å². The molecule has 17 heavy (non-hydrogen) atoms. The summed E-state index contributed by atoms with van der Waals surface area (Å²) < 4.78 is 0. The summed E-state index contributed by atoms with van der Waals surface area (Å²) in [6.45, 7) is 5.56. The molecule has 0 spiro atoms. The van der Waals surface area contributed by atoms with E-state index in [-0.39, 0.29) is 0 Å². The Morgan fingerprint density at radius 2 is 2.12 bits per heavy atom. The monoisotopic (exact) mass is 229 g/mol. The highest BCUT2D eigenvalue weighted by Gasteiger charge is 2.12. The Morgan fingerprint density at radius 3 is 2.94 bits per heavy atom. The van der Waals surface area contributed by atoms with Crippen LogP contribution in [0.4, 0.5) is 0 Å². The second-order valence-electron chi connectivity index (χ2n) is 4.75. The summed E-state index contributed by atoms with van der Waals surface area (Å²) in [6, 6.07) is 10.1. The van der Waals surface area contributed by atoms with Gasteiger partial charge in [0.1, 0.15) is 0 Å². The standard InChI is InChI=1S/C14H19N3/c1-16-6-3-7-17(9-8-16)12-14-5-2-4-13(10-14)11-15/h2,4-5,10H,3,6-9,12H2,1H3. The second-order valence-corrected chi connectivity index (χ2v) is 4.75. The minimum absolute atomic E-state index is 0.759. The van der Waals surface area contributed by atoms with Crippen molar-refractivity contribution in [3.63, 3.8) is 0 Å². The van der Waals surface area contributed by atoms with Gasteiger partial charge in [0.2, 0.25) is 0 Å². The van der Waals surface area contributed by atoms with Crippen LogP contribution in [0.5, 0.6) is 0 Å². The molecule has 0 unspecified atom stereocenters. The lowest BCUT2D eigenvalue weighted by Crippen LogP contribution is -2.28. The predicted octanol–water partition coefficient (Wildman–Crippen LogP) is 1.70. The van der Waals surface area contributed by atoms with Gasteiger partial charge in [0.05, 0.1) is 11.6 Å². The quantitative estimate of drug-likeness (QED) is 0.773. The Hall–Kier alpha value is -1.37. The highest BCUT2D eigenvalue weighted by Crippen LogP contribution is 2.10. The van der Waals surface area contributed by atoms with Gasteiger partial charge in [-0.05, 0) is 44.3 Å². The van der Waals surface area contributed by atoms with Crippen LogP contribution in [0, 0.1) is 11.3 Å². The Morgan fingerprint density at radius 1 is 1.24 bits per heavy atom. The summed E-state index contributed by atoms with van der Waals surface area (Å²) >= 11 is 0. The zero-order valence-corrected chi connectivity index (χ0v) is 10.4. The van der Waals surface area contributed by atoms with Crippen molar-refractivity contribution in [2.75, 3.05) is 33.2 Å². The summed E-state index contributed by atoms with van der Waals surface area (Å²) in [4.78, 5) is 4.85. The number of rotatable bonds is 2. The van der Waals surface area contributed by atoms with Gasteiger partial charge in [-0.2, -0.15) is 5.26 Å². The topological polar surface area (TPSA) is 30.3 Å². The molecule has 1 aromatic carbocycles. The summed E-state index contributed by atoms with van der Waals surface area (Å²) in [6.07, 6.45) is 1.23. The molecule has 1 aliphatic rings. The molecule has 0 bridgehead atoms. The fourth-order valence-electron chi connectivity index (χ4n) is 2.26. The lowest BCUT2D eigenvalue weighted by atomic mass is 10.1. The lowest BCUT2D eigenvalue weighted by Gasteiger charge is -2.20. The van der Waals surface area contributed by atoms with Crippen LogP contribution in [0.1, 0.15) is 17.5 Å². The van der Waals surface area contributed by atoms with Crippen molar-refractivity contribution in [3.8, 4) is 6.07 Å². The molecule has 3 nitrogen and oxygen atoms in total. The van der Waals surface area contributed by atoms with E-state index in [2.05, 4.69) is 29.0 Å². The third kappa shape index (κ3) is 3.55. The van der Waals surface area contributed by atoms with Crippen molar-refractivity contribution in [1.82, 2.24) is 9.80 Å². The van der Waals surface area contributed by atoms with Crippen molar-refractivity contribution in [2.24, 2.45) is 0 Å². The molecule has 0 radical (unpaired) electrons. The van der Waals surface area contributed by atoms with Crippen LogP contribution in [0.2, 0.25) is 0 Å². The molecule has 0 aliphatic carbocycles.